The van der Waals surface area contributed by atoms with Gasteiger partial charge in [-0.05, 0) is 85.4 Å². The summed E-state index contributed by atoms with van der Waals surface area (Å²) in [7, 11) is 0. The molecule has 0 amide bonds. The summed E-state index contributed by atoms with van der Waals surface area (Å²) in [5, 5.41) is 0. The molecule has 168 valence electrons. The summed E-state index contributed by atoms with van der Waals surface area (Å²) in [6.45, 7) is 3.86. The molecular weight excluding hydrogens is 411 g/mol. The van der Waals surface area contributed by atoms with Gasteiger partial charge in [-0.25, -0.2) is 8.78 Å². The van der Waals surface area contributed by atoms with Gasteiger partial charge < -0.3 is 4.74 Å². The molecule has 0 radical (unpaired) electrons. The lowest BCUT2D eigenvalue weighted by Gasteiger charge is -2.28. The average molecular weight is 438 g/mol. The van der Waals surface area contributed by atoms with E-state index in [1.807, 2.05) is 6.07 Å². The van der Waals surface area contributed by atoms with Crippen LogP contribution in [0.25, 0.3) is 11.6 Å². The van der Waals surface area contributed by atoms with Crippen LogP contribution in [0.4, 0.5) is 22.0 Å². The highest BCUT2D eigenvalue weighted by atomic mass is 19.4. The zero-order valence-electron chi connectivity index (χ0n) is 17.7. The van der Waals surface area contributed by atoms with Gasteiger partial charge in [-0.3, -0.25) is 0 Å². The van der Waals surface area contributed by atoms with Gasteiger partial charge in [-0.15, -0.1) is 13.2 Å². The van der Waals surface area contributed by atoms with Crippen molar-refractivity contribution in [3.05, 3.63) is 64.7 Å². The Balaban J connectivity index is 1.72. The number of hydrogen-bond donors (Lipinski definition) is 0. The van der Waals surface area contributed by atoms with Gasteiger partial charge in [0.2, 0.25) is 0 Å². The maximum atomic E-state index is 14.7. The van der Waals surface area contributed by atoms with Gasteiger partial charge in [-0.2, -0.15) is 0 Å². The predicted molar refractivity (Wildman–Crippen MR) is 113 cm³/mol. The van der Waals surface area contributed by atoms with Crippen molar-refractivity contribution in [2.45, 2.75) is 64.7 Å². The van der Waals surface area contributed by atoms with Crippen molar-refractivity contribution < 1.29 is 26.7 Å². The van der Waals surface area contributed by atoms with E-state index in [9.17, 15) is 22.0 Å². The monoisotopic (exact) mass is 438 g/mol. The summed E-state index contributed by atoms with van der Waals surface area (Å²) in [5.41, 5.74) is 2.24. The van der Waals surface area contributed by atoms with Crippen molar-refractivity contribution in [3.63, 3.8) is 0 Å². The van der Waals surface area contributed by atoms with Crippen molar-refractivity contribution in [2.75, 3.05) is 0 Å². The molecule has 2 aromatic rings. The number of halogens is 5. The highest BCUT2D eigenvalue weighted by molar-refractivity contribution is 5.80. The fourth-order valence-corrected chi connectivity index (χ4v) is 4.38. The number of allylic oxidation sites excluding steroid dienone is 1. The van der Waals surface area contributed by atoms with E-state index in [0.29, 0.717) is 22.6 Å². The number of alkyl halides is 3. The van der Waals surface area contributed by atoms with Gasteiger partial charge in [0, 0.05) is 5.56 Å². The first-order chi connectivity index (χ1) is 14.7. The summed E-state index contributed by atoms with van der Waals surface area (Å²) < 4.78 is 69.2. The standard InChI is InChI=1S/C25H27F5O/c1-3-4-17-5-7-18(8-6-17)20-9-10-21(22(26)15-20)13-16(2)19-11-12-24(23(27)14-19)31-25(28,29)30/h9-15,17-18H,3-8H2,1-2H3/b16-13+. The molecule has 1 aliphatic rings. The molecule has 6 heteroatoms. The molecule has 3 rings (SSSR count). The Kier molecular flexibility index (Phi) is 7.39. The van der Waals surface area contributed by atoms with E-state index in [1.165, 1.54) is 31.7 Å². The minimum atomic E-state index is -4.96. The Labute approximate surface area is 179 Å². The third-order valence-corrected chi connectivity index (χ3v) is 6.02. The van der Waals surface area contributed by atoms with Crippen LogP contribution in [0.5, 0.6) is 5.75 Å². The Morgan fingerprint density at radius 3 is 2.29 bits per heavy atom. The predicted octanol–water partition coefficient (Wildman–Crippen LogP) is 8.50. The minimum absolute atomic E-state index is 0.352. The molecule has 1 nitrogen and oxygen atoms in total. The minimum Gasteiger partial charge on any atom is -0.403 e. The Bertz CT molecular complexity index is 924. The number of benzene rings is 2. The SMILES string of the molecule is CCCC1CCC(c2ccc(/C=C(\C)c3ccc(OC(F)(F)F)c(F)c3)c(F)c2)CC1. The first-order valence-electron chi connectivity index (χ1n) is 10.7. The molecule has 0 heterocycles. The quantitative estimate of drug-likeness (QED) is 0.324. The molecule has 0 spiro atoms. The van der Waals surface area contributed by atoms with Crippen molar-refractivity contribution in [1.82, 2.24) is 0 Å². The van der Waals surface area contributed by atoms with Gasteiger partial charge in [0.1, 0.15) is 5.82 Å². The van der Waals surface area contributed by atoms with Gasteiger partial charge in [0.25, 0.3) is 0 Å². The first kappa shape index (κ1) is 23.3. The highest BCUT2D eigenvalue weighted by Gasteiger charge is 2.32. The second-order valence-electron chi connectivity index (χ2n) is 8.31. The van der Waals surface area contributed by atoms with Crippen molar-refractivity contribution in [3.8, 4) is 5.75 Å². The summed E-state index contributed by atoms with van der Waals surface area (Å²) in [4.78, 5) is 0. The van der Waals surface area contributed by atoms with Crippen molar-refractivity contribution >= 4 is 11.6 Å². The topological polar surface area (TPSA) is 9.23 Å². The third-order valence-electron chi connectivity index (χ3n) is 6.02. The van der Waals surface area contributed by atoms with Crippen LogP contribution in [0.2, 0.25) is 0 Å². The van der Waals surface area contributed by atoms with E-state index in [1.54, 1.807) is 25.1 Å². The second-order valence-corrected chi connectivity index (χ2v) is 8.31. The molecule has 31 heavy (non-hydrogen) atoms. The molecule has 2 aromatic carbocycles. The van der Waals surface area contributed by atoms with Crippen LogP contribution < -0.4 is 4.74 Å². The van der Waals surface area contributed by atoms with Crippen LogP contribution in [-0.2, 0) is 0 Å². The van der Waals surface area contributed by atoms with Crippen LogP contribution in [-0.4, -0.2) is 6.36 Å². The average Bonchev–Trinajstić information content (AvgIpc) is 2.71. The molecule has 0 saturated heterocycles. The van der Waals surface area contributed by atoms with Gasteiger partial charge >= 0.3 is 6.36 Å². The first-order valence-corrected chi connectivity index (χ1v) is 10.7. The smallest absolute Gasteiger partial charge is 0.403 e. The van der Waals surface area contributed by atoms with E-state index in [0.717, 1.165) is 36.5 Å². The molecule has 1 saturated carbocycles. The zero-order chi connectivity index (χ0) is 22.6. The molecule has 0 aliphatic heterocycles. The molecular formula is C25H27F5O. The van der Waals surface area contributed by atoms with Crippen molar-refractivity contribution in [1.29, 1.82) is 0 Å². The number of hydrogen-bond acceptors (Lipinski definition) is 1. The van der Waals surface area contributed by atoms with E-state index >= 15 is 0 Å². The molecule has 0 atom stereocenters. The number of ether oxygens (including phenoxy) is 1. The van der Waals surface area contributed by atoms with Crippen LogP contribution in [0.3, 0.4) is 0 Å². The van der Waals surface area contributed by atoms with Gasteiger partial charge in [-0.1, -0.05) is 38.0 Å². The Hall–Kier alpha value is -2.37. The van der Waals surface area contributed by atoms with Crippen LogP contribution in [0.1, 0.15) is 75.0 Å². The Morgan fingerprint density at radius 1 is 1.00 bits per heavy atom. The molecule has 0 N–H and O–H groups in total. The van der Waals surface area contributed by atoms with Gasteiger partial charge in [0.15, 0.2) is 11.6 Å². The van der Waals surface area contributed by atoms with E-state index in [-0.39, 0.29) is 5.82 Å². The lowest BCUT2D eigenvalue weighted by atomic mass is 9.77. The molecule has 0 bridgehead atoms. The van der Waals surface area contributed by atoms with E-state index in [2.05, 4.69) is 11.7 Å². The maximum Gasteiger partial charge on any atom is 0.573 e. The lowest BCUT2D eigenvalue weighted by molar-refractivity contribution is -0.275. The second kappa shape index (κ2) is 9.84. The molecule has 1 aliphatic carbocycles. The summed E-state index contributed by atoms with van der Waals surface area (Å²) in [6.07, 6.45) is 3.57. The number of rotatable bonds is 6. The van der Waals surface area contributed by atoms with Crippen molar-refractivity contribution in [2.24, 2.45) is 5.92 Å². The third kappa shape index (κ3) is 6.31. The van der Waals surface area contributed by atoms with E-state index in [4.69, 9.17) is 0 Å². The van der Waals surface area contributed by atoms with Crippen LogP contribution in [0, 0.1) is 17.6 Å². The largest absolute Gasteiger partial charge is 0.573 e. The summed E-state index contributed by atoms with van der Waals surface area (Å²) in [6, 6.07) is 8.41. The summed E-state index contributed by atoms with van der Waals surface area (Å²) >= 11 is 0. The lowest BCUT2D eigenvalue weighted by Crippen LogP contribution is -2.17. The van der Waals surface area contributed by atoms with Crippen LogP contribution >= 0.6 is 0 Å². The molecule has 0 unspecified atom stereocenters. The zero-order valence-corrected chi connectivity index (χ0v) is 17.7. The summed E-state index contributed by atoms with van der Waals surface area (Å²) in [5.74, 6) is -1.23. The van der Waals surface area contributed by atoms with E-state index < -0.39 is 17.9 Å². The highest BCUT2D eigenvalue weighted by Crippen LogP contribution is 2.38. The van der Waals surface area contributed by atoms with Gasteiger partial charge in [0.05, 0.1) is 0 Å². The normalized spacial score (nSPS) is 20.0. The fraction of sp³-hybridized carbons (Fsp3) is 0.440. The van der Waals surface area contributed by atoms with Crippen LogP contribution in [0.15, 0.2) is 36.4 Å². The fourth-order valence-electron chi connectivity index (χ4n) is 4.38. The molecule has 0 aromatic heterocycles. The Morgan fingerprint density at radius 2 is 1.71 bits per heavy atom. The maximum absolute atomic E-state index is 14.7. The molecule has 1 fully saturated rings.